The highest BCUT2D eigenvalue weighted by Crippen LogP contribution is 2.41. The molecular weight excluding hydrogens is 584 g/mol. The van der Waals surface area contributed by atoms with Gasteiger partial charge < -0.3 is 29.3 Å². The average molecular weight is 631 g/mol. The zero-order valence-electron chi connectivity index (χ0n) is 27.7. The van der Waals surface area contributed by atoms with E-state index >= 15 is 0 Å². The number of nitrogens with one attached hydrogen (secondary N) is 1. The number of nitrogens with zero attached hydrogens (tertiary/aromatic N) is 7. The van der Waals surface area contributed by atoms with Crippen LogP contribution < -0.4 is 5.32 Å². The molecule has 3 aromatic heterocycles. The van der Waals surface area contributed by atoms with Gasteiger partial charge in [0, 0.05) is 69.5 Å². The van der Waals surface area contributed by atoms with Crippen LogP contribution >= 0.6 is 0 Å². The van der Waals surface area contributed by atoms with Crippen molar-refractivity contribution in [3.63, 3.8) is 0 Å². The molecule has 3 amide bonds. The van der Waals surface area contributed by atoms with E-state index in [1.165, 1.54) is 12.8 Å². The van der Waals surface area contributed by atoms with Gasteiger partial charge in [0.2, 0.25) is 5.95 Å². The molecule has 46 heavy (non-hydrogen) atoms. The number of carbonyl (C=O) groups excluding carboxylic acids is 3. The summed E-state index contributed by atoms with van der Waals surface area (Å²) in [6, 6.07) is 5.65. The smallest absolute Gasteiger partial charge is 0.410 e. The predicted molar refractivity (Wildman–Crippen MR) is 175 cm³/mol. The Balaban J connectivity index is 1.10. The Morgan fingerprint density at radius 1 is 0.957 bits per heavy atom. The van der Waals surface area contributed by atoms with Crippen LogP contribution in [0.15, 0.2) is 30.6 Å². The van der Waals surface area contributed by atoms with Crippen LogP contribution in [0.25, 0.3) is 11.0 Å². The predicted octanol–water partition coefficient (Wildman–Crippen LogP) is 5.64. The number of pyridine rings is 1. The van der Waals surface area contributed by atoms with Gasteiger partial charge in [-0.15, -0.1) is 0 Å². The molecule has 2 saturated heterocycles. The molecule has 12 nitrogen and oxygen atoms in total. The van der Waals surface area contributed by atoms with Gasteiger partial charge in [0.05, 0.1) is 5.56 Å². The van der Waals surface area contributed by atoms with Crippen LogP contribution in [-0.2, 0) is 4.74 Å². The van der Waals surface area contributed by atoms with E-state index < -0.39 is 5.60 Å². The summed E-state index contributed by atoms with van der Waals surface area (Å²) < 4.78 is 7.62. The van der Waals surface area contributed by atoms with E-state index in [2.05, 4.69) is 19.9 Å². The van der Waals surface area contributed by atoms with E-state index in [1.54, 1.807) is 48.4 Å². The lowest BCUT2D eigenvalue weighted by Gasteiger charge is -2.53. The fourth-order valence-corrected chi connectivity index (χ4v) is 6.96. The lowest BCUT2D eigenvalue weighted by atomic mass is 9.72. The van der Waals surface area contributed by atoms with Crippen LogP contribution in [0.5, 0.6) is 0 Å². The van der Waals surface area contributed by atoms with E-state index in [9.17, 15) is 14.4 Å². The normalized spacial score (nSPS) is 18.6. The fraction of sp³-hybridized carbons (Fsp3) is 0.588. The standard InChI is InChI=1S/C34H46N8O4/c1-33(2,3)46-32(45)41-21-34(22-41)14-16-40(17-15-34)29(43)23-12-13-27(35-19-23)37-31-36-20-24-18-26(30(44)39(4)5)42(28(24)38-31)25-10-8-6-7-9-11-25/h12-13,18-20,25H,6-11,14-17,21-22H2,1-5H3,(H,35,36,37,38). The SMILES string of the molecule is CN(C)C(=O)c1cc2cnc(Nc3ccc(C(=O)N4CCC5(CC4)CN(C(=O)OC(C)(C)C)C5)cn3)nc2n1C1CCCCCC1. The molecule has 2 aliphatic heterocycles. The Morgan fingerprint density at radius 3 is 2.26 bits per heavy atom. The monoisotopic (exact) mass is 630 g/mol. The highest BCUT2D eigenvalue weighted by Gasteiger charge is 2.48. The first-order valence-corrected chi connectivity index (χ1v) is 16.5. The van der Waals surface area contributed by atoms with Crippen molar-refractivity contribution in [3.8, 4) is 0 Å². The molecule has 246 valence electrons. The zero-order chi connectivity index (χ0) is 32.6. The average Bonchev–Trinajstić information content (AvgIpc) is 3.16. The minimum absolute atomic E-state index is 0.0435. The van der Waals surface area contributed by atoms with Crippen LogP contribution in [0, 0.1) is 5.41 Å². The summed E-state index contributed by atoms with van der Waals surface area (Å²) in [7, 11) is 3.54. The number of anilines is 2. The minimum Gasteiger partial charge on any atom is -0.444 e. The van der Waals surface area contributed by atoms with E-state index in [0.717, 1.165) is 49.6 Å². The highest BCUT2D eigenvalue weighted by molar-refractivity contribution is 5.98. The first kappa shape index (κ1) is 31.7. The Morgan fingerprint density at radius 2 is 1.65 bits per heavy atom. The van der Waals surface area contributed by atoms with E-state index in [-0.39, 0.29) is 29.4 Å². The second-order valence-corrected chi connectivity index (χ2v) is 14.4. The van der Waals surface area contributed by atoms with Crippen molar-refractivity contribution in [2.75, 3.05) is 45.6 Å². The molecule has 3 aliphatic rings. The molecule has 3 fully saturated rings. The van der Waals surface area contributed by atoms with Gasteiger partial charge in [-0.25, -0.2) is 14.8 Å². The van der Waals surface area contributed by atoms with Crippen molar-refractivity contribution < 1.29 is 19.1 Å². The number of ether oxygens (including phenoxy) is 1. The minimum atomic E-state index is -0.507. The molecule has 1 N–H and O–H groups in total. The second-order valence-electron chi connectivity index (χ2n) is 14.4. The number of amides is 3. The second kappa shape index (κ2) is 12.5. The largest absolute Gasteiger partial charge is 0.444 e. The number of hydrogen-bond acceptors (Lipinski definition) is 8. The summed E-state index contributed by atoms with van der Waals surface area (Å²) in [5.74, 6) is 0.827. The molecule has 0 atom stereocenters. The van der Waals surface area contributed by atoms with Gasteiger partial charge in [0.25, 0.3) is 11.8 Å². The number of carbonyl (C=O) groups is 3. The molecule has 12 heteroatoms. The number of hydrogen-bond donors (Lipinski definition) is 1. The van der Waals surface area contributed by atoms with Gasteiger partial charge in [-0.1, -0.05) is 25.7 Å². The summed E-state index contributed by atoms with van der Waals surface area (Å²) in [6.45, 7) is 8.27. The number of aromatic nitrogens is 4. The third-order valence-corrected chi connectivity index (χ3v) is 9.46. The van der Waals surface area contributed by atoms with Crippen LogP contribution in [0.3, 0.4) is 0 Å². The molecule has 1 aliphatic carbocycles. The number of likely N-dealkylation sites (tertiary alicyclic amines) is 2. The van der Waals surface area contributed by atoms with Crippen molar-refractivity contribution in [1.82, 2.24) is 34.2 Å². The van der Waals surface area contributed by atoms with Crippen molar-refractivity contribution in [3.05, 3.63) is 41.9 Å². The summed E-state index contributed by atoms with van der Waals surface area (Å²) in [4.78, 5) is 57.9. The van der Waals surface area contributed by atoms with E-state index in [1.807, 2.05) is 31.7 Å². The molecule has 1 spiro atoms. The zero-order valence-corrected chi connectivity index (χ0v) is 27.7. The molecule has 0 aromatic carbocycles. The van der Waals surface area contributed by atoms with Crippen molar-refractivity contribution in [1.29, 1.82) is 0 Å². The number of piperidine rings is 1. The van der Waals surface area contributed by atoms with Crippen molar-refractivity contribution in [2.45, 2.75) is 83.8 Å². The summed E-state index contributed by atoms with van der Waals surface area (Å²) in [5.41, 5.74) is 1.46. The highest BCUT2D eigenvalue weighted by atomic mass is 16.6. The third-order valence-electron chi connectivity index (χ3n) is 9.46. The van der Waals surface area contributed by atoms with Gasteiger partial charge in [0.15, 0.2) is 0 Å². The molecule has 5 heterocycles. The lowest BCUT2D eigenvalue weighted by molar-refractivity contribution is -0.0563. The lowest BCUT2D eigenvalue weighted by Crippen LogP contribution is -2.62. The molecular formula is C34H46N8O4. The van der Waals surface area contributed by atoms with Gasteiger partial charge in [-0.05, 0) is 64.7 Å². The van der Waals surface area contributed by atoms with Gasteiger partial charge in [-0.3, -0.25) is 9.59 Å². The van der Waals surface area contributed by atoms with Crippen LogP contribution in [-0.4, -0.2) is 98.0 Å². The summed E-state index contributed by atoms with van der Waals surface area (Å²) in [5, 5.41) is 4.02. The third kappa shape index (κ3) is 6.66. The fourth-order valence-electron chi connectivity index (χ4n) is 6.96. The Labute approximate surface area is 270 Å². The number of rotatable bonds is 5. The first-order valence-electron chi connectivity index (χ1n) is 16.5. The van der Waals surface area contributed by atoms with Crippen molar-refractivity contribution in [2.24, 2.45) is 5.41 Å². The van der Waals surface area contributed by atoms with Gasteiger partial charge in [-0.2, -0.15) is 4.98 Å². The molecule has 1 saturated carbocycles. The summed E-state index contributed by atoms with van der Waals surface area (Å²) >= 11 is 0. The van der Waals surface area contributed by atoms with E-state index in [0.29, 0.717) is 49.2 Å². The van der Waals surface area contributed by atoms with Gasteiger partial charge >= 0.3 is 6.09 Å². The van der Waals surface area contributed by atoms with Crippen LogP contribution in [0.2, 0.25) is 0 Å². The molecule has 0 radical (unpaired) electrons. The Kier molecular flexibility index (Phi) is 8.64. The maximum atomic E-state index is 13.3. The molecule has 0 bridgehead atoms. The molecule has 3 aromatic rings. The van der Waals surface area contributed by atoms with Crippen molar-refractivity contribution >= 4 is 40.7 Å². The summed E-state index contributed by atoms with van der Waals surface area (Å²) in [6.07, 6.45) is 11.5. The maximum Gasteiger partial charge on any atom is 0.410 e. The maximum absolute atomic E-state index is 13.3. The van der Waals surface area contributed by atoms with Crippen LogP contribution in [0.4, 0.5) is 16.6 Å². The Hall–Kier alpha value is -4.22. The number of fused-ring (bicyclic) bond motifs is 1. The first-order chi connectivity index (χ1) is 21.9. The quantitative estimate of drug-likeness (QED) is 0.359. The topological polar surface area (TPSA) is 126 Å². The molecule has 6 rings (SSSR count). The van der Waals surface area contributed by atoms with Crippen LogP contribution in [0.1, 0.15) is 99.0 Å². The van der Waals surface area contributed by atoms with E-state index in [4.69, 9.17) is 9.72 Å². The molecule has 0 unspecified atom stereocenters. The van der Waals surface area contributed by atoms with Gasteiger partial charge in [0.1, 0.15) is 22.8 Å². The Bertz CT molecular complexity index is 1590.